The maximum absolute atomic E-state index is 12.0. The smallest absolute Gasteiger partial charge is 0.270 e. The van der Waals surface area contributed by atoms with Crippen LogP contribution in [0.1, 0.15) is 23.3 Å². The second-order valence-corrected chi connectivity index (χ2v) is 4.54. The van der Waals surface area contributed by atoms with E-state index < -0.39 is 0 Å². The molecular weight excluding hydrogens is 246 g/mol. The maximum atomic E-state index is 12.0. The molecule has 1 atom stereocenters. The van der Waals surface area contributed by atoms with Gasteiger partial charge in [0.15, 0.2) is 0 Å². The van der Waals surface area contributed by atoms with Crippen molar-refractivity contribution in [2.75, 3.05) is 19.0 Å². The van der Waals surface area contributed by atoms with Crippen LogP contribution in [0.4, 0.5) is 5.82 Å². The summed E-state index contributed by atoms with van der Waals surface area (Å²) >= 11 is 0. The Morgan fingerprint density at radius 2 is 2.32 bits per heavy atom. The van der Waals surface area contributed by atoms with Crippen LogP contribution in [-0.4, -0.2) is 41.3 Å². The minimum Gasteiger partial charge on any atom is -0.346 e. The molecule has 102 valence electrons. The summed E-state index contributed by atoms with van der Waals surface area (Å²) in [6.45, 7) is 0.527. The lowest BCUT2D eigenvalue weighted by atomic mass is 10.1. The molecule has 4 N–H and O–H groups in total. The third kappa shape index (κ3) is 3.19. The van der Waals surface area contributed by atoms with E-state index in [4.69, 9.17) is 5.84 Å². The van der Waals surface area contributed by atoms with E-state index in [1.165, 1.54) is 0 Å². The fraction of sp³-hybridized carbons (Fsp3) is 0.417. The number of hydrogen-bond donors (Lipinski definition) is 3. The van der Waals surface area contributed by atoms with Crippen molar-refractivity contribution in [1.82, 2.24) is 15.2 Å². The van der Waals surface area contributed by atoms with Gasteiger partial charge in [0, 0.05) is 26.1 Å². The Bertz CT molecular complexity index is 491. The lowest BCUT2D eigenvalue weighted by molar-refractivity contribution is -0.132. The van der Waals surface area contributed by atoms with Crippen molar-refractivity contribution in [1.29, 1.82) is 0 Å². The molecule has 2 heterocycles. The van der Waals surface area contributed by atoms with Crippen LogP contribution in [0.15, 0.2) is 18.2 Å². The van der Waals surface area contributed by atoms with E-state index in [0.717, 1.165) is 0 Å². The number of nitrogens with two attached hydrogens (primary N) is 1. The molecule has 1 aromatic rings. The average Bonchev–Trinajstić information content (AvgIpc) is 2.43. The summed E-state index contributed by atoms with van der Waals surface area (Å²) in [7, 11) is 1.73. The Labute approximate surface area is 111 Å². The van der Waals surface area contributed by atoms with Gasteiger partial charge in [-0.05, 0) is 18.6 Å². The van der Waals surface area contributed by atoms with E-state index in [2.05, 4.69) is 15.7 Å². The van der Waals surface area contributed by atoms with Crippen molar-refractivity contribution >= 4 is 17.6 Å². The molecule has 0 radical (unpaired) electrons. The Morgan fingerprint density at radius 1 is 1.53 bits per heavy atom. The summed E-state index contributed by atoms with van der Waals surface area (Å²) < 4.78 is 0. The Balaban J connectivity index is 1.99. The molecule has 2 amide bonds. The minimum absolute atomic E-state index is 0.0357. The first kappa shape index (κ1) is 13.3. The number of aromatic nitrogens is 1. The van der Waals surface area contributed by atoms with Gasteiger partial charge in [0.25, 0.3) is 5.91 Å². The monoisotopic (exact) mass is 263 g/mol. The molecule has 7 nitrogen and oxygen atoms in total. The van der Waals surface area contributed by atoms with Gasteiger partial charge in [0.2, 0.25) is 5.91 Å². The molecule has 1 aliphatic rings. The molecule has 1 saturated heterocycles. The van der Waals surface area contributed by atoms with Crippen molar-refractivity contribution in [3.05, 3.63) is 23.9 Å². The number of nitrogens with zero attached hydrogens (tertiary/aromatic N) is 2. The number of likely N-dealkylation sites (tertiary alicyclic amines) is 1. The number of carbonyl (C=O) groups excluding carboxylic acids is 2. The van der Waals surface area contributed by atoms with Crippen LogP contribution in [-0.2, 0) is 4.79 Å². The lowest BCUT2D eigenvalue weighted by Crippen LogP contribution is -2.48. The van der Waals surface area contributed by atoms with Gasteiger partial charge >= 0.3 is 0 Å². The van der Waals surface area contributed by atoms with Gasteiger partial charge < -0.3 is 15.6 Å². The largest absolute Gasteiger partial charge is 0.346 e. The maximum Gasteiger partial charge on any atom is 0.270 e. The molecule has 19 heavy (non-hydrogen) atoms. The van der Waals surface area contributed by atoms with Crippen molar-refractivity contribution in [3.8, 4) is 0 Å². The molecule has 0 saturated carbocycles. The summed E-state index contributed by atoms with van der Waals surface area (Å²) in [5.41, 5.74) is 2.70. The first-order valence-electron chi connectivity index (χ1n) is 6.08. The molecule has 0 aromatic carbocycles. The highest BCUT2D eigenvalue weighted by molar-refractivity contribution is 5.93. The van der Waals surface area contributed by atoms with E-state index in [-0.39, 0.29) is 17.9 Å². The number of carbonyl (C=O) groups is 2. The molecule has 1 aromatic heterocycles. The summed E-state index contributed by atoms with van der Waals surface area (Å²) in [5.74, 6) is 5.53. The predicted molar refractivity (Wildman–Crippen MR) is 70.2 cm³/mol. The van der Waals surface area contributed by atoms with Gasteiger partial charge in [-0.3, -0.25) is 9.59 Å². The van der Waals surface area contributed by atoms with E-state index in [1.54, 1.807) is 30.1 Å². The molecule has 1 fully saturated rings. The molecule has 1 unspecified atom stereocenters. The summed E-state index contributed by atoms with van der Waals surface area (Å²) in [6, 6.07) is 4.96. The van der Waals surface area contributed by atoms with Crippen LogP contribution in [0.2, 0.25) is 0 Å². The third-order valence-electron chi connectivity index (χ3n) is 3.09. The number of amides is 2. The molecule has 2 rings (SSSR count). The quantitative estimate of drug-likeness (QED) is 0.514. The number of rotatable bonds is 3. The summed E-state index contributed by atoms with van der Waals surface area (Å²) in [6.07, 6.45) is 1.11. The Morgan fingerprint density at radius 3 is 3.00 bits per heavy atom. The normalized spacial score (nSPS) is 19.2. The zero-order chi connectivity index (χ0) is 13.8. The van der Waals surface area contributed by atoms with Crippen LogP contribution in [0.5, 0.6) is 0 Å². The van der Waals surface area contributed by atoms with Crippen LogP contribution >= 0.6 is 0 Å². The lowest BCUT2D eigenvalue weighted by Gasteiger charge is -2.30. The van der Waals surface area contributed by atoms with Gasteiger partial charge in [-0.1, -0.05) is 6.07 Å². The van der Waals surface area contributed by atoms with Crippen LogP contribution in [0, 0.1) is 0 Å². The van der Waals surface area contributed by atoms with Crippen LogP contribution in [0.3, 0.4) is 0 Å². The first-order valence-corrected chi connectivity index (χ1v) is 6.08. The number of pyridine rings is 1. The fourth-order valence-corrected chi connectivity index (χ4v) is 2.03. The SMILES string of the molecule is CN1CC(NC(=O)c2cccc(NN)n2)CCC1=O. The number of piperidine rings is 1. The van der Waals surface area contributed by atoms with E-state index in [0.29, 0.717) is 30.9 Å². The fourth-order valence-electron chi connectivity index (χ4n) is 2.03. The van der Waals surface area contributed by atoms with Gasteiger partial charge in [-0.25, -0.2) is 10.8 Å². The van der Waals surface area contributed by atoms with Crippen molar-refractivity contribution in [2.24, 2.45) is 5.84 Å². The second-order valence-electron chi connectivity index (χ2n) is 4.54. The summed E-state index contributed by atoms with van der Waals surface area (Å²) in [4.78, 5) is 29.1. The highest BCUT2D eigenvalue weighted by Crippen LogP contribution is 2.10. The van der Waals surface area contributed by atoms with E-state index in [1.807, 2.05) is 0 Å². The van der Waals surface area contributed by atoms with Crippen LogP contribution in [0.25, 0.3) is 0 Å². The zero-order valence-corrected chi connectivity index (χ0v) is 10.7. The average molecular weight is 263 g/mol. The second kappa shape index (κ2) is 5.66. The number of anilines is 1. The number of hydrazine groups is 1. The third-order valence-corrected chi connectivity index (χ3v) is 3.09. The summed E-state index contributed by atoms with van der Waals surface area (Å²) in [5, 5.41) is 2.87. The van der Waals surface area contributed by atoms with Crippen molar-refractivity contribution in [3.63, 3.8) is 0 Å². The molecule has 1 aliphatic heterocycles. The number of likely N-dealkylation sites (N-methyl/N-ethyl adjacent to an activating group) is 1. The topological polar surface area (TPSA) is 100 Å². The van der Waals surface area contributed by atoms with Gasteiger partial charge in [-0.15, -0.1) is 0 Å². The predicted octanol–water partition coefficient (Wildman–Crippen LogP) is -0.282. The molecule has 0 aliphatic carbocycles. The van der Waals surface area contributed by atoms with Gasteiger partial charge in [0.1, 0.15) is 11.5 Å². The van der Waals surface area contributed by atoms with Crippen molar-refractivity contribution < 1.29 is 9.59 Å². The van der Waals surface area contributed by atoms with Gasteiger partial charge in [-0.2, -0.15) is 0 Å². The Hall–Kier alpha value is -2.15. The number of nitrogen functional groups attached to an aromatic ring is 1. The van der Waals surface area contributed by atoms with Crippen LogP contribution < -0.4 is 16.6 Å². The first-order chi connectivity index (χ1) is 9.10. The number of nitrogens with one attached hydrogen (secondary N) is 2. The van der Waals surface area contributed by atoms with Crippen molar-refractivity contribution in [2.45, 2.75) is 18.9 Å². The van der Waals surface area contributed by atoms with E-state index >= 15 is 0 Å². The zero-order valence-electron chi connectivity index (χ0n) is 10.7. The molecule has 0 spiro atoms. The highest BCUT2D eigenvalue weighted by atomic mass is 16.2. The highest BCUT2D eigenvalue weighted by Gasteiger charge is 2.24. The molecule has 7 heteroatoms. The van der Waals surface area contributed by atoms with Gasteiger partial charge in [0.05, 0.1) is 0 Å². The van der Waals surface area contributed by atoms with E-state index in [9.17, 15) is 9.59 Å². The standard InChI is InChI=1S/C12H17N5O2/c1-17-7-8(5-6-11(17)18)14-12(19)9-3-2-4-10(15-9)16-13/h2-4,8H,5-7,13H2,1H3,(H,14,19)(H,15,16). The minimum atomic E-state index is -0.259. The Kier molecular flexibility index (Phi) is 3.96. The molecular formula is C12H17N5O2. The number of hydrogen-bond acceptors (Lipinski definition) is 5. The molecule has 0 bridgehead atoms.